The Morgan fingerprint density at radius 1 is 0.957 bits per heavy atom. The summed E-state index contributed by atoms with van der Waals surface area (Å²) in [5.41, 5.74) is 0. The molecular weight excluding hydrogens is 292 g/mol. The Balaban J connectivity index is 1.37. The van der Waals surface area contributed by atoms with E-state index in [0.717, 1.165) is 65.5 Å². The lowest BCUT2D eigenvalue weighted by Gasteiger charge is -2.36. The largest absolute Gasteiger partial charge is 0.377 e. The van der Waals surface area contributed by atoms with Gasteiger partial charge in [-0.25, -0.2) is 0 Å². The van der Waals surface area contributed by atoms with Crippen molar-refractivity contribution < 1.29 is 9.53 Å². The summed E-state index contributed by atoms with van der Waals surface area (Å²) >= 11 is 0. The van der Waals surface area contributed by atoms with Crippen LogP contribution in [0.1, 0.15) is 19.3 Å². The number of hydrogen-bond acceptors (Lipinski definition) is 5. The summed E-state index contributed by atoms with van der Waals surface area (Å²) in [4.78, 5) is 21.7. The van der Waals surface area contributed by atoms with E-state index >= 15 is 0 Å². The number of carbonyl (C=O) groups is 1. The summed E-state index contributed by atoms with van der Waals surface area (Å²) in [6, 6.07) is 0. The minimum absolute atomic E-state index is 0.311. The van der Waals surface area contributed by atoms with Crippen molar-refractivity contribution in [3.8, 4) is 0 Å². The molecule has 0 aliphatic carbocycles. The van der Waals surface area contributed by atoms with Crippen molar-refractivity contribution in [1.29, 1.82) is 0 Å². The molecule has 1 amide bonds. The zero-order valence-electron chi connectivity index (χ0n) is 14.6. The smallest absolute Gasteiger partial charge is 0.236 e. The Labute approximate surface area is 140 Å². The van der Waals surface area contributed by atoms with Crippen molar-refractivity contribution in [1.82, 2.24) is 19.6 Å². The molecule has 0 aromatic carbocycles. The van der Waals surface area contributed by atoms with Crippen molar-refractivity contribution in [2.75, 3.05) is 79.1 Å². The monoisotopic (exact) mass is 324 g/mol. The van der Waals surface area contributed by atoms with Crippen LogP contribution in [0.4, 0.5) is 0 Å². The Morgan fingerprint density at radius 2 is 1.74 bits per heavy atom. The second-order valence-electron chi connectivity index (χ2n) is 7.25. The van der Waals surface area contributed by atoms with Crippen LogP contribution in [-0.2, 0) is 9.53 Å². The first-order valence-electron chi connectivity index (χ1n) is 9.23. The van der Waals surface area contributed by atoms with Crippen molar-refractivity contribution in [3.63, 3.8) is 0 Å². The molecular formula is C17H32N4O2. The number of carbonyl (C=O) groups excluding carboxylic acids is 1. The van der Waals surface area contributed by atoms with Gasteiger partial charge < -0.3 is 14.5 Å². The fourth-order valence-corrected chi connectivity index (χ4v) is 3.81. The van der Waals surface area contributed by atoms with E-state index in [1.807, 2.05) is 0 Å². The van der Waals surface area contributed by atoms with Crippen LogP contribution in [0.15, 0.2) is 0 Å². The highest BCUT2D eigenvalue weighted by molar-refractivity contribution is 5.78. The first-order chi connectivity index (χ1) is 11.2. The molecule has 23 heavy (non-hydrogen) atoms. The molecule has 3 aliphatic rings. The van der Waals surface area contributed by atoms with Gasteiger partial charge in [0.15, 0.2) is 0 Å². The van der Waals surface area contributed by atoms with Gasteiger partial charge in [-0.05, 0) is 39.4 Å². The Morgan fingerprint density at radius 3 is 2.48 bits per heavy atom. The highest BCUT2D eigenvalue weighted by atomic mass is 16.5. The molecule has 3 fully saturated rings. The molecule has 0 saturated carbocycles. The van der Waals surface area contributed by atoms with Crippen LogP contribution in [0.5, 0.6) is 0 Å². The summed E-state index contributed by atoms with van der Waals surface area (Å²) in [6.07, 6.45) is 3.99. The Hall–Kier alpha value is -0.690. The van der Waals surface area contributed by atoms with E-state index in [2.05, 4.69) is 26.6 Å². The quantitative estimate of drug-likeness (QED) is 0.725. The average Bonchev–Trinajstić information content (AvgIpc) is 2.97. The Bertz CT molecular complexity index is 379. The van der Waals surface area contributed by atoms with E-state index in [0.29, 0.717) is 18.6 Å². The van der Waals surface area contributed by atoms with Gasteiger partial charge in [-0.15, -0.1) is 0 Å². The summed E-state index contributed by atoms with van der Waals surface area (Å²) in [7, 11) is 2.17. The second-order valence-corrected chi connectivity index (χ2v) is 7.25. The molecule has 0 bridgehead atoms. The third kappa shape index (κ3) is 5.14. The molecule has 0 N–H and O–H groups in total. The van der Waals surface area contributed by atoms with Gasteiger partial charge in [0.2, 0.25) is 5.91 Å². The molecule has 3 heterocycles. The third-order valence-corrected chi connectivity index (χ3v) is 5.38. The van der Waals surface area contributed by atoms with Crippen molar-refractivity contribution in [3.05, 3.63) is 0 Å². The highest BCUT2D eigenvalue weighted by Crippen LogP contribution is 2.14. The second kappa shape index (κ2) is 8.42. The number of amides is 1. The van der Waals surface area contributed by atoms with E-state index in [9.17, 15) is 4.79 Å². The minimum Gasteiger partial charge on any atom is -0.377 e. The molecule has 132 valence electrons. The number of nitrogens with zero attached hydrogens (tertiary/aromatic N) is 4. The zero-order valence-corrected chi connectivity index (χ0v) is 14.6. The first kappa shape index (κ1) is 17.1. The Kier molecular flexibility index (Phi) is 6.28. The van der Waals surface area contributed by atoms with Gasteiger partial charge in [0.25, 0.3) is 0 Å². The lowest BCUT2D eigenvalue weighted by molar-refractivity contribution is -0.134. The number of hydrogen-bond donors (Lipinski definition) is 0. The predicted octanol–water partition coefficient (Wildman–Crippen LogP) is -0.0529. The van der Waals surface area contributed by atoms with Gasteiger partial charge in [0, 0.05) is 52.4 Å². The van der Waals surface area contributed by atoms with Gasteiger partial charge in [-0.2, -0.15) is 0 Å². The summed E-state index contributed by atoms with van der Waals surface area (Å²) in [6.45, 7) is 10.6. The summed E-state index contributed by atoms with van der Waals surface area (Å²) in [5, 5.41) is 0. The zero-order chi connectivity index (χ0) is 16.1. The van der Waals surface area contributed by atoms with Gasteiger partial charge in [0.1, 0.15) is 0 Å². The van der Waals surface area contributed by atoms with Gasteiger partial charge in [-0.3, -0.25) is 14.6 Å². The maximum Gasteiger partial charge on any atom is 0.236 e. The molecule has 0 spiro atoms. The van der Waals surface area contributed by atoms with Crippen LogP contribution in [0.3, 0.4) is 0 Å². The van der Waals surface area contributed by atoms with Crippen LogP contribution in [0.2, 0.25) is 0 Å². The van der Waals surface area contributed by atoms with Crippen molar-refractivity contribution >= 4 is 5.91 Å². The first-order valence-corrected chi connectivity index (χ1v) is 9.23. The summed E-state index contributed by atoms with van der Waals surface area (Å²) < 4.78 is 5.72. The third-order valence-electron chi connectivity index (χ3n) is 5.38. The predicted molar refractivity (Wildman–Crippen MR) is 90.5 cm³/mol. The fraction of sp³-hybridized carbons (Fsp3) is 0.941. The van der Waals surface area contributed by atoms with Crippen molar-refractivity contribution in [2.24, 2.45) is 0 Å². The molecule has 6 heteroatoms. The van der Waals surface area contributed by atoms with E-state index in [-0.39, 0.29) is 0 Å². The average molecular weight is 324 g/mol. The van der Waals surface area contributed by atoms with Crippen LogP contribution in [-0.4, -0.2) is 111 Å². The van der Waals surface area contributed by atoms with Crippen LogP contribution in [0.25, 0.3) is 0 Å². The molecule has 0 aromatic rings. The standard InChI is InChI=1S/C17H32N4O2/c1-18-5-3-6-19(8-7-18)15-17(22)21-11-9-20(10-12-21)14-16-4-2-13-23-16/h16H,2-15H2,1H3/t16-/m0/s1. The fourth-order valence-electron chi connectivity index (χ4n) is 3.81. The number of ether oxygens (including phenoxy) is 1. The van der Waals surface area contributed by atoms with E-state index in [4.69, 9.17) is 4.74 Å². The van der Waals surface area contributed by atoms with Gasteiger partial charge in [0.05, 0.1) is 12.6 Å². The normalized spacial score (nSPS) is 28.9. The molecule has 3 aliphatic heterocycles. The molecule has 1 atom stereocenters. The number of rotatable bonds is 4. The number of likely N-dealkylation sites (N-methyl/N-ethyl adjacent to an activating group) is 1. The van der Waals surface area contributed by atoms with Crippen LogP contribution >= 0.6 is 0 Å². The van der Waals surface area contributed by atoms with Gasteiger partial charge >= 0.3 is 0 Å². The maximum absolute atomic E-state index is 12.5. The van der Waals surface area contributed by atoms with E-state index in [1.165, 1.54) is 19.3 Å². The lowest BCUT2D eigenvalue weighted by Crippen LogP contribution is -2.52. The number of piperazine rings is 1. The van der Waals surface area contributed by atoms with Crippen molar-refractivity contribution in [2.45, 2.75) is 25.4 Å². The minimum atomic E-state index is 0.311. The molecule has 6 nitrogen and oxygen atoms in total. The molecule has 0 radical (unpaired) electrons. The lowest BCUT2D eigenvalue weighted by atomic mass is 10.2. The van der Waals surface area contributed by atoms with E-state index in [1.54, 1.807) is 0 Å². The summed E-state index contributed by atoms with van der Waals surface area (Å²) in [5.74, 6) is 0.311. The maximum atomic E-state index is 12.5. The van der Waals surface area contributed by atoms with Crippen LogP contribution in [0, 0.1) is 0 Å². The van der Waals surface area contributed by atoms with E-state index < -0.39 is 0 Å². The highest BCUT2D eigenvalue weighted by Gasteiger charge is 2.26. The van der Waals surface area contributed by atoms with Crippen LogP contribution < -0.4 is 0 Å². The van der Waals surface area contributed by atoms with Gasteiger partial charge in [-0.1, -0.05) is 0 Å². The molecule has 3 rings (SSSR count). The topological polar surface area (TPSA) is 39.3 Å². The molecule has 0 unspecified atom stereocenters. The SMILES string of the molecule is CN1CCCN(CC(=O)N2CCN(C[C@@H]3CCCO3)CC2)CC1. The molecule has 0 aromatic heterocycles. The molecule has 3 saturated heterocycles.